The average Bonchev–Trinajstić information content (AvgIpc) is 2.60. The summed E-state index contributed by atoms with van der Waals surface area (Å²) in [6.07, 6.45) is 0.293. The van der Waals surface area contributed by atoms with E-state index in [9.17, 15) is 0 Å². The second kappa shape index (κ2) is 3.39. The summed E-state index contributed by atoms with van der Waals surface area (Å²) in [5.41, 5.74) is 1.71. The van der Waals surface area contributed by atoms with E-state index in [4.69, 9.17) is 26.3 Å². The minimum absolute atomic E-state index is 0.225. The zero-order valence-corrected chi connectivity index (χ0v) is 8.39. The maximum absolute atomic E-state index is 8.64. The molecule has 4 heteroatoms. The molecule has 1 aliphatic heterocycles. The van der Waals surface area contributed by atoms with Gasteiger partial charge in [0, 0.05) is 16.7 Å². The minimum Gasteiger partial charge on any atom is -0.454 e. The summed E-state index contributed by atoms with van der Waals surface area (Å²) in [5.74, 6) is 1.37. The summed E-state index contributed by atoms with van der Waals surface area (Å²) in [7, 11) is 0. The highest BCUT2D eigenvalue weighted by Crippen LogP contribution is 2.40. The van der Waals surface area contributed by atoms with Crippen LogP contribution in [0.15, 0.2) is 6.07 Å². The molecule has 2 rings (SSSR count). The van der Waals surface area contributed by atoms with Crippen LogP contribution in [0.4, 0.5) is 0 Å². The van der Waals surface area contributed by atoms with Gasteiger partial charge in [-0.2, -0.15) is 5.26 Å². The fourth-order valence-corrected chi connectivity index (χ4v) is 1.81. The van der Waals surface area contributed by atoms with Gasteiger partial charge < -0.3 is 9.47 Å². The Morgan fingerprint density at radius 2 is 2.36 bits per heavy atom. The van der Waals surface area contributed by atoms with Gasteiger partial charge in [-0.05, 0) is 12.5 Å². The number of hydrogen-bond donors (Lipinski definition) is 0. The maximum atomic E-state index is 8.64. The molecule has 72 valence electrons. The van der Waals surface area contributed by atoms with Crippen LogP contribution in [0, 0.1) is 18.3 Å². The summed E-state index contributed by atoms with van der Waals surface area (Å²) < 4.78 is 10.5. The van der Waals surface area contributed by atoms with Crippen molar-refractivity contribution in [3.63, 3.8) is 0 Å². The highest BCUT2D eigenvalue weighted by molar-refractivity contribution is 6.31. The summed E-state index contributed by atoms with van der Waals surface area (Å²) in [5, 5.41) is 9.20. The molecule has 0 bridgehead atoms. The fraction of sp³-hybridized carbons (Fsp3) is 0.300. The topological polar surface area (TPSA) is 42.2 Å². The highest BCUT2D eigenvalue weighted by atomic mass is 35.5. The average molecular weight is 210 g/mol. The predicted octanol–water partition coefficient (Wildman–Crippen LogP) is 2.44. The van der Waals surface area contributed by atoms with Crippen LogP contribution in [-0.4, -0.2) is 6.79 Å². The van der Waals surface area contributed by atoms with E-state index in [1.54, 1.807) is 6.07 Å². The number of hydrogen-bond acceptors (Lipinski definition) is 3. The van der Waals surface area contributed by atoms with Crippen molar-refractivity contribution >= 4 is 11.6 Å². The Balaban J connectivity index is 2.58. The second-order valence-corrected chi connectivity index (χ2v) is 3.44. The van der Waals surface area contributed by atoms with E-state index in [0.717, 1.165) is 11.1 Å². The van der Waals surface area contributed by atoms with Gasteiger partial charge in [-0.3, -0.25) is 0 Å². The van der Waals surface area contributed by atoms with E-state index in [-0.39, 0.29) is 6.79 Å². The van der Waals surface area contributed by atoms with Gasteiger partial charge in [0.2, 0.25) is 6.79 Å². The molecule has 0 saturated heterocycles. The Bertz CT molecular complexity index is 423. The van der Waals surface area contributed by atoms with Crippen molar-refractivity contribution in [1.82, 2.24) is 0 Å². The third-order valence-electron chi connectivity index (χ3n) is 2.24. The van der Waals surface area contributed by atoms with Crippen molar-refractivity contribution in [3.05, 3.63) is 22.2 Å². The number of ether oxygens (including phenoxy) is 2. The van der Waals surface area contributed by atoms with Crippen LogP contribution in [0.5, 0.6) is 11.5 Å². The number of benzene rings is 1. The molecule has 0 saturated carbocycles. The lowest BCUT2D eigenvalue weighted by molar-refractivity contribution is 0.173. The lowest BCUT2D eigenvalue weighted by Gasteiger charge is -2.07. The van der Waals surface area contributed by atoms with Crippen LogP contribution >= 0.6 is 11.6 Å². The number of nitrogens with zero attached hydrogens (tertiary/aromatic N) is 1. The fourth-order valence-electron chi connectivity index (χ4n) is 1.50. The van der Waals surface area contributed by atoms with Gasteiger partial charge in [-0.25, -0.2) is 0 Å². The lowest BCUT2D eigenvalue weighted by Crippen LogP contribution is -1.94. The maximum Gasteiger partial charge on any atom is 0.231 e. The predicted molar refractivity (Wildman–Crippen MR) is 51.6 cm³/mol. The third-order valence-corrected chi connectivity index (χ3v) is 2.57. The molecular formula is C10H8ClNO2. The molecule has 14 heavy (non-hydrogen) atoms. The first-order chi connectivity index (χ1) is 6.74. The molecule has 0 atom stereocenters. The molecule has 1 aliphatic rings. The van der Waals surface area contributed by atoms with Gasteiger partial charge >= 0.3 is 0 Å². The quantitative estimate of drug-likeness (QED) is 0.714. The van der Waals surface area contributed by atoms with Crippen molar-refractivity contribution < 1.29 is 9.47 Å². The van der Waals surface area contributed by atoms with Gasteiger partial charge in [0.05, 0.1) is 12.5 Å². The first-order valence-electron chi connectivity index (χ1n) is 4.18. The van der Waals surface area contributed by atoms with E-state index in [0.29, 0.717) is 22.9 Å². The van der Waals surface area contributed by atoms with E-state index < -0.39 is 0 Å². The lowest BCUT2D eigenvalue weighted by atomic mass is 10.0. The first kappa shape index (κ1) is 9.17. The highest BCUT2D eigenvalue weighted by Gasteiger charge is 2.20. The van der Waals surface area contributed by atoms with Crippen molar-refractivity contribution in [2.45, 2.75) is 13.3 Å². The van der Waals surface area contributed by atoms with Gasteiger partial charge in [-0.1, -0.05) is 11.6 Å². The summed E-state index contributed by atoms with van der Waals surface area (Å²) in [4.78, 5) is 0. The SMILES string of the molecule is Cc1c(CC#N)c(Cl)cc2c1OCO2. The Labute approximate surface area is 86.8 Å². The zero-order chi connectivity index (χ0) is 10.1. The molecule has 1 aromatic carbocycles. The van der Waals surface area contributed by atoms with Crippen molar-refractivity contribution in [3.8, 4) is 17.6 Å². The number of fused-ring (bicyclic) bond motifs is 1. The molecule has 1 aromatic rings. The Morgan fingerprint density at radius 1 is 1.57 bits per heavy atom. The Kier molecular flexibility index (Phi) is 2.22. The van der Waals surface area contributed by atoms with E-state index in [1.807, 2.05) is 6.92 Å². The van der Waals surface area contributed by atoms with Gasteiger partial charge in [0.1, 0.15) is 0 Å². The molecule has 0 amide bonds. The van der Waals surface area contributed by atoms with E-state index in [1.165, 1.54) is 0 Å². The third kappa shape index (κ3) is 1.28. The van der Waals surface area contributed by atoms with Crippen molar-refractivity contribution in [2.75, 3.05) is 6.79 Å². The van der Waals surface area contributed by atoms with Crippen LogP contribution < -0.4 is 9.47 Å². The summed E-state index contributed by atoms with van der Waals surface area (Å²) in [6, 6.07) is 3.77. The van der Waals surface area contributed by atoms with Crippen molar-refractivity contribution in [2.24, 2.45) is 0 Å². The molecule has 0 radical (unpaired) electrons. The molecule has 0 unspecified atom stereocenters. The monoisotopic (exact) mass is 209 g/mol. The molecule has 3 nitrogen and oxygen atoms in total. The molecule has 0 spiro atoms. The molecule has 0 fully saturated rings. The van der Waals surface area contributed by atoms with Crippen LogP contribution in [0.2, 0.25) is 5.02 Å². The Hall–Kier alpha value is -1.40. The number of halogens is 1. The molecule has 0 aromatic heterocycles. The number of nitriles is 1. The summed E-state index contributed by atoms with van der Waals surface area (Å²) in [6.45, 7) is 2.11. The smallest absolute Gasteiger partial charge is 0.231 e. The molecule has 1 heterocycles. The van der Waals surface area contributed by atoms with Crippen molar-refractivity contribution in [1.29, 1.82) is 5.26 Å². The summed E-state index contributed by atoms with van der Waals surface area (Å²) >= 11 is 6.01. The van der Waals surface area contributed by atoms with Crippen LogP contribution in [-0.2, 0) is 6.42 Å². The Morgan fingerprint density at radius 3 is 3.07 bits per heavy atom. The van der Waals surface area contributed by atoms with Crippen LogP contribution in [0.25, 0.3) is 0 Å². The van der Waals surface area contributed by atoms with E-state index in [2.05, 4.69) is 6.07 Å². The largest absolute Gasteiger partial charge is 0.454 e. The van der Waals surface area contributed by atoms with Crippen LogP contribution in [0.3, 0.4) is 0 Å². The van der Waals surface area contributed by atoms with Gasteiger partial charge in [0.25, 0.3) is 0 Å². The number of rotatable bonds is 1. The van der Waals surface area contributed by atoms with Crippen LogP contribution in [0.1, 0.15) is 11.1 Å². The normalized spacial score (nSPS) is 12.6. The first-order valence-corrected chi connectivity index (χ1v) is 4.56. The minimum atomic E-state index is 0.225. The zero-order valence-electron chi connectivity index (χ0n) is 7.63. The molecular weight excluding hydrogens is 202 g/mol. The van der Waals surface area contributed by atoms with Gasteiger partial charge in [0.15, 0.2) is 11.5 Å². The molecule has 0 N–H and O–H groups in total. The second-order valence-electron chi connectivity index (χ2n) is 3.03. The molecule has 0 aliphatic carbocycles. The van der Waals surface area contributed by atoms with Gasteiger partial charge in [-0.15, -0.1) is 0 Å². The van der Waals surface area contributed by atoms with E-state index >= 15 is 0 Å². The standard InChI is InChI=1S/C10H8ClNO2/c1-6-7(2-3-12)8(11)4-9-10(6)14-5-13-9/h4H,2,5H2,1H3.